The van der Waals surface area contributed by atoms with E-state index < -0.39 is 23.7 Å². The number of ether oxygens (including phenoxy) is 1. The molecule has 0 aromatic carbocycles. The molecule has 16 atom stereocenters. The number of carbonyl (C=O) groups is 2. The number of rotatable bonds is 14. The first kappa shape index (κ1) is 46.3. The number of allylic oxidation sites excluding steroid dienone is 2. The van der Waals surface area contributed by atoms with Crippen molar-refractivity contribution in [2.45, 2.75) is 184 Å². The van der Waals surface area contributed by atoms with Gasteiger partial charge >= 0.3 is 0 Å². The topological polar surface area (TPSA) is 174 Å². The molecule has 2 saturated heterocycles. The number of fused-ring (bicyclic) bond motifs is 2. The van der Waals surface area contributed by atoms with Crippen molar-refractivity contribution in [1.82, 2.24) is 10.6 Å². The number of methoxy groups -OCH3 is 1. The zero-order valence-electron chi connectivity index (χ0n) is 36.9. The highest BCUT2D eigenvalue weighted by Gasteiger charge is 2.50. The van der Waals surface area contributed by atoms with E-state index in [9.17, 15) is 30.0 Å². The molecule has 6 fully saturated rings. The third-order valence-electron chi connectivity index (χ3n) is 17.3. The van der Waals surface area contributed by atoms with Gasteiger partial charge in [0.2, 0.25) is 0 Å². The van der Waals surface area contributed by atoms with E-state index in [2.05, 4.69) is 34.6 Å². The fourth-order valence-corrected chi connectivity index (χ4v) is 13.6. The van der Waals surface area contributed by atoms with Crippen molar-refractivity contribution in [2.24, 2.45) is 70.3 Å². The van der Waals surface area contributed by atoms with Gasteiger partial charge in [-0.3, -0.25) is 9.59 Å². The van der Waals surface area contributed by atoms with Gasteiger partial charge in [0.05, 0.1) is 30.6 Å². The normalized spacial score (nSPS) is 41.0. The van der Waals surface area contributed by atoms with Gasteiger partial charge in [-0.15, -0.1) is 0 Å². The number of Topliss-reactive ketones (excluding diaryl/α,β-unsaturated/α-hetero) is 2. The van der Waals surface area contributed by atoms with Crippen LogP contribution >= 0.6 is 0 Å². The minimum atomic E-state index is -1.11. The van der Waals surface area contributed by atoms with Crippen LogP contribution in [0.25, 0.3) is 0 Å². The Labute approximate surface area is 361 Å². The lowest BCUT2D eigenvalue weighted by Gasteiger charge is -2.44. The number of aliphatic hydroxyl groups excluding tert-OH is 4. The first-order valence-electron chi connectivity index (χ1n) is 24.7. The van der Waals surface area contributed by atoms with Gasteiger partial charge in [-0.25, -0.2) is 0 Å². The summed E-state index contributed by atoms with van der Waals surface area (Å²) in [4.78, 5) is 26.5. The van der Waals surface area contributed by atoms with Crippen molar-refractivity contribution in [2.75, 3.05) is 26.8 Å². The molecule has 0 bridgehead atoms. The van der Waals surface area contributed by atoms with Crippen molar-refractivity contribution < 1.29 is 34.8 Å². The number of piperidine rings is 2. The van der Waals surface area contributed by atoms with E-state index >= 15 is 0 Å². The molecule has 0 amide bonds. The number of carbonyl (C=O) groups excluding carboxylic acids is 2. The van der Waals surface area contributed by atoms with E-state index in [1.165, 1.54) is 32.1 Å². The van der Waals surface area contributed by atoms with E-state index in [0.717, 1.165) is 58.0 Å². The highest BCUT2D eigenvalue weighted by molar-refractivity contribution is 5.89. The first-order valence-corrected chi connectivity index (χ1v) is 24.7. The Kier molecular flexibility index (Phi) is 16.8. The third-order valence-corrected chi connectivity index (χ3v) is 17.3. The summed E-state index contributed by atoms with van der Waals surface area (Å²) in [7, 11) is 1.66. The van der Waals surface area contributed by atoms with Crippen LogP contribution in [0, 0.1) is 76.4 Å². The number of nitrogens with one attached hydrogen (secondary N) is 2. The smallest absolute Gasteiger partial charge is 0.153 e. The number of nitrogens with two attached hydrogens (primary N) is 1. The molecule has 8 N–H and O–H groups in total. The molecule has 0 aromatic heterocycles. The molecule has 10 heteroatoms. The number of hydrogen-bond donors (Lipinski definition) is 7. The van der Waals surface area contributed by atoms with Crippen LogP contribution in [0.15, 0.2) is 12.2 Å². The van der Waals surface area contributed by atoms with Crippen LogP contribution in [0.1, 0.15) is 148 Å². The number of aliphatic hydroxyl groups is 4. The van der Waals surface area contributed by atoms with Crippen LogP contribution in [0.2, 0.25) is 0 Å². The average molecular weight is 836 g/mol. The summed E-state index contributed by atoms with van der Waals surface area (Å²) in [5, 5.41) is 52.4. The van der Waals surface area contributed by atoms with Gasteiger partial charge in [0.1, 0.15) is 11.2 Å². The molecule has 1 spiro atoms. The van der Waals surface area contributed by atoms with Gasteiger partial charge in [0, 0.05) is 44.9 Å². The van der Waals surface area contributed by atoms with Gasteiger partial charge in [-0.05, 0) is 176 Å². The second-order valence-electron chi connectivity index (χ2n) is 21.0. The molecule has 7 aliphatic rings. The Bertz CT molecular complexity index is 1490. The summed E-state index contributed by atoms with van der Waals surface area (Å²) in [5.74, 6) is 10.5. The minimum Gasteiger partial charge on any atom is -0.396 e. The van der Waals surface area contributed by atoms with E-state index in [-0.39, 0.29) is 60.3 Å². The molecule has 0 radical (unpaired) electrons. The summed E-state index contributed by atoms with van der Waals surface area (Å²) in [6, 6.07) is 0.282. The lowest BCUT2D eigenvalue weighted by atomic mass is 9.63. The molecule has 0 aromatic rings. The van der Waals surface area contributed by atoms with Crippen LogP contribution < -0.4 is 16.4 Å². The zero-order chi connectivity index (χ0) is 42.2. The van der Waals surface area contributed by atoms with Crippen molar-refractivity contribution in [3.8, 4) is 11.8 Å². The second-order valence-corrected chi connectivity index (χ2v) is 21.0. The maximum Gasteiger partial charge on any atom is 0.153 e. The van der Waals surface area contributed by atoms with E-state index in [0.29, 0.717) is 106 Å². The Morgan fingerprint density at radius 2 is 1.75 bits per heavy atom. The summed E-state index contributed by atoms with van der Waals surface area (Å²) >= 11 is 0. The van der Waals surface area contributed by atoms with Crippen LogP contribution in [0.5, 0.6) is 0 Å². The molecule has 7 rings (SSSR count). The fraction of sp³-hybridized carbons (Fsp3) is 0.880. The van der Waals surface area contributed by atoms with Crippen LogP contribution in [0.4, 0.5) is 0 Å². The number of hydrogen-bond acceptors (Lipinski definition) is 10. The molecule has 338 valence electrons. The summed E-state index contributed by atoms with van der Waals surface area (Å²) < 4.78 is 5.75. The molecular weight excluding hydrogens is 755 g/mol. The summed E-state index contributed by atoms with van der Waals surface area (Å²) in [6.07, 6.45) is 22.1. The lowest BCUT2D eigenvalue weighted by Crippen LogP contribution is -2.50. The SMILES string of the molecule is COC1CC2CCC(=O)C3(C#CC(CCC(O)CC(C=CC4CCCCC4)C4CCNC(N)C4)C2CC1O)CCC(CC(CCO)C1CNC2CC(=O)CCC2C1)CC3O. The molecular formula is C50H81N3O7. The lowest BCUT2D eigenvalue weighted by molar-refractivity contribution is -0.135. The van der Waals surface area contributed by atoms with Gasteiger partial charge in [0.15, 0.2) is 5.78 Å². The van der Waals surface area contributed by atoms with Crippen LogP contribution in [0.3, 0.4) is 0 Å². The second kappa shape index (κ2) is 21.8. The Morgan fingerprint density at radius 3 is 2.52 bits per heavy atom. The average Bonchev–Trinajstić information content (AvgIpc) is 3.30. The maximum atomic E-state index is 14.4. The maximum absolute atomic E-state index is 14.4. The summed E-state index contributed by atoms with van der Waals surface area (Å²) in [6.45, 7) is 1.90. The molecule has 2 heterocycles. The molecule has 4 saturated carbocycles. The monoisotopic (exact) mass is 836 g/mol. The Balaban J connectivity index is 1.05. The predicted octanol–water partition coefficient (Wildman–Crippen LogP) is 5.82. The predicted molar refractivity (Wildman–Crippen MR) is 234 cm³/mol. The largest absolute Gasteiger partial charge is 0.396 e. The zero-order valence-corrected chi connectivity index (χ0v) is 36.9. The van der Waals surface area contributed by atoms with E-state index in [1.807, 2.05) is 0 Å². The van der Waals surface area contributed by atoms with Gasteiger partial charge in [0.25, 0.3) is 0 Å². The molecule has 5 aliphatic carbocycles. The number of ketones is 2. The van der Waals surface area contributed by atoms with Crippen molar-refractivity contribution >= 4 is 11.6 Å². The molecule has 2 aliphatic heterocycles. The highest BCUT2D eigenvalue weighted by Crippen LogP contribution is 2.48. The third kappa shape index (κ3) is 11.5. The van der Waals surface area contributed by atoms with Gasteiger partial charge in [-0.1, -0.05) is 43.3 Å². The van der Waals surface area contributed by atoms with Crippen molar-refractivity contribution in [3.05, 3.63) is 12.2 Å². The van der Waals surface area contributed by atoms with E-state index in [1.54, 1.807) is 7.11 Å². The van der Waals surface area contributed by atoms with E-state index in [4.69, 9.17) is 10.5 Å². The Hall–Kier alpha value is -1.68. The van der Waals surface area contributed by atoms with Gasteiger partial charge in [-0.2, -0.15) is 0 Å². The molecule has 60 heavy (non-hydrogen) atoms. The van der Waals surface area contributed by atoms with Crippen LogP contribution in [-0.4, -0.2) is 95.4 Å². The van der Waals surface area contributed by atoms with Gasteiger partial charge < -0.3 is 41.5 Å². The van der Waals surface area contributed by atoms with Crippen LogP contribution in [-0.2, 0) is 14.3 Å². The van der Waals surface area contributed by atoms with Crippen molar-refractivity contribution in [3.63, 3.8) is 0 Å². The first-order chi connectivity index (χ1) is 29.0. The quantitative estimate of drug-likeness (QED) is 0.0835. The molecule has 10 nitrogen and oxygen atoms in total. The standard InChI is InChI=1S/C50H81N3O7/c1-60-46-27-38-11-14-47(58)50(19-15-33(24-48(50)59)23-37(18-22-54)40-25-39-10-13-42(56)29-44(39)53-31-40)20-16-34(43(38)30-45(46)57)9-12-41(55)26-35(36-17-21-52-49(51)28-36)8-7-32-5-3-2-4-6-32/h7-8,32-41,43-46,48-49,52-55,57,59H,2-6,9-15,17-19,21-31,51H2,1H3. The molecule has 16 unspecified atom stereocenters. The fourth-order valence-electron chi connectivity index (χ4n) is 13.6. The minimum absolute atomic E-state index is 0.0128. The summed E-state index contributed by atoms with van der Waals surface area (Å²) in [5.41, 5.74) is 5.28. The highest BCUT2D eigenvalue weighted by atomic mass is 16.5. The Morgan fingerprint density at radius 1 is 0.933 bits per heavy atom. The van der Waals surface area contributed by atoms with Crippen molar-refractivity contribution in [1.29, 1.82) is 0 Å².